The van der Waals surface area contributed by atoms with Crippen LogP contribution in [0.25, 0.3) is 0 Å². The van der Waals surface area contributed by atoms with E-state index in [0.29, 0.717) is 11.0 Å². The van der Waals surface area contributed by atoms with Crippen LogP contribution in [-0.4, -0.2) is 11.1 Å². The number of hydrogen-bond donors (Lipinski definition) is 0. The van der Waals surface area contributed by atoms with Gasteiger partial charge in [-0.15, -0.1) is 0 Å². The van der Waals surface area contributed by atoms with Gasteiger partial charge in [-0.3, -0.25) is 0 Å². The van der Waals surface area contributed by atoms with Crippen LogP contribution in [0.2, 0.25) is 5.15 Å². The largest absolute Gasteiger partial charge is 0.474 e. The van der Waals surface area contributed by atoms with Crippen LogP contribution in [0, 0.1) is 0 Å². The Morgan fingerprint density at radius 1 is 1.38 bits per heavy atom. The van der Waals surface area contributed by atoms with E-state index in [4.69, 9.17) is 16.3 Å². The van der Waals surface area contributed by atoms with Gasteiger partial charge in [0.2, 0.25) is 5.88 Å². The molecule has 0 aliphatic heterocycles. The smallest absolute Gasteiger partial charge is 0.229 e. The highest BCUT2D eigenvalue weighted by atomic mass is 79.9. The highest BCUT2D eigenvalue weighted by Gasteiger charge is 2.09. The average molecular weight is 329 g/mol. The second-order valence-electron chi connectivity index (χ2n) is 2.71. The Morgan fingerprint density at radius 2 is 2.00 bits per heavy atom. The van der Waals surface area contributed by atoms with E-state index in [1.54, 1.807) is 0 Å². The molecule has 0 saturated carbocycles. The molecular weight excluding hydrogens is 321 g/mol. The van der Waals surface area contributed by atoms with Gasteiger partial charge < -0.3 is 4.74 Å². The zero-order valence-corrected chi connectivity index (χ0v) is 11.1. The lowest BCUT2D eigenvalue weighted by atomic mass is 10.4. The summed E-state index contributed by atoms with van der Waals surface area (Å²) < 4.78 is 6.95. The summed E-state index contributed by atoms with van der Waals surface area (Å²) in [5.41, 5.74) is 0. The molecule has 0 fully saturated rings. The Bertz CT molecular complexity index is 317. The normalized spacial score (nSPS) is 10.6. The van der Waals surface area contributed by atoms with E-state index >= 15 is 0 Å². The number of nitrogens with zero attached hydrogens (tertiary/aromatic N) is 1. The van der Waals surface area contributed by atoms with Gasteiger partial charge in [-0.2, -0.15) is 4.98 Å². The van der Waals surface area contributed by atoms with Crippen molar-refractivity contribution in [3.8, 4) is 5.88 Å². The molecule has 0 amide bonds. The van der Waals surface area contributed by atoms with Crippen LogP contribution in [0.15, 0.2) is 15.0 Å². The summed E-state index contributed by atoms with van der Waals surface area (Å²) in [7, 11) is 0. The molecule has 0 aliphatic carbocycles. The summed E-state index contributed by atoms with van der Waals surface area (Å²) in [6.45, 7) is 3.87. The molecule has 72 valence electrons. The highest BCUT2D eigenvalue weighted by Crippen LogP contribution is 2.31. The standard InChI is InChI=1S/C8H8Br2ClNO/c1-4(2)13-8-6(10)3-5(9)7(11)12-8/h3-4H,1-2H3. The molecule has 1 heterocycles. The molecule has 1 aromatic rings. The van der Waals surface area contributed by atoms with Crippen LogP contribution in [0.4, 0.5) is 0 Å². The molecular formula is C8H8Br2ClNO. The van der Waals surface area contributed by atoms with E-state index in [1.165, 1.54) is 0 Å². The molecule has 0 radical (unpaired) electrons. The second kappa shape index (κ2) is 4.62. The van der Waals surface area contributed by atoms with Crippen LogP contribution in [-0.2, 0) is 0 Å². The molecule has 0 spiro atoms. The van der Waals surface area contributed by atoms with Gasteiger partial charge in [0.25, 0.3) is 0 Å². The van der Waals surface area contributed by atoms with Gasteiger partial charge in [0.15, 0.2) is 0 Å². The predicted molar refractivity (Wildman–Crippen MR) is 60.4 cm³/mol. The van der Waals surface area contributed by atoms with Crippen LogP contribution in [0.3, 0.4) is 0 Å². The quantitative estimate of drug-likeness (QED) is 0.764. The van der Waals surface area contributed by atoms with Gasteiger partial charge in [-0.25, -0.2) is 0 Å². The lowest BCUT2D eigenvalue weighted by Gasteiger charge is -2.10. The molecule has 0 atom stereocenters. The molecule has 2 nitrogen and oxygen atoms in total. The maximum Gasteiger partial charge on any atom is 0.229 e. The zero-order chi connectivity index (χ0) is 10.0. The first-order chi connectivity index (χ1) is 6.00. The summed E-state index contributed by atoms with van der Waals surface area (Å²) in [5.74, 6) is 0.517. The minimum Gasteiger partial charge on any atom is -0.474 e. The minimum atomic E-state index is 0.0843. The van der Waals surface area contributed by atoms with Crippen molar-refractivity contribution in [3.63, 3.8) is 0 Å². The summed E-state index contributed by atoms with van der Waals surface area (Å²) in [4.78, 5) is 4.06. The van der Waals surface area contributed by atoms with Crippen LogP contribution < -0.4 is 4.74 Å². The maximum atomic E-state index is 5.81. The van der Waals surface area contributed by atoms with Crippen molar-refractivity contribution < 1.29 is 4.74 Å². The number of halogens is 3. The fraction of sp³-hybridized carbons (Fsp3) is 0.375. The molecule has 0 unspecified atom stereocenters. The van der Waals surface area contributed by atoms with Crippen molar-refractivity contribution >= 4 is 43.5 Å². The molecule has 0 bridgehead atoms. The van der Waals surface area contributed by atoms with E-state index in [9.17, 15) is 0 Å². The number of pyridine rings is 1. The van der Waals surface area contributed by atoms with E-state index < -0.39 is 0 Å². The number of rotatable bonds is 2. The third-order valence-corrected chi connectivity index (χ3v) is 2.89. The molecule has 0 N–H and O–H groups in total. The maximum absolute atomic E-state index is 5.81. The van der Waals surface area contributed by atoms with Crippen LogP contribution >= 0.6 is 43.5 Å². The summed E-state index contributed by atoms with van der Waals surface area (Å²) in [5, 5.41) is 0.402. The lowest BCUT2D eigenvalue weighted by Crippen LogP contribution is -2.07. The second-order valence-corrected chi connectivity index (χ2v) is 4.78. The minimum absolute atomic E-state index is 0.0843. The molecule has 0 saturated heterocycles. The summed E-state index contributed by atoms with van der Waals surface area (Å²) in [6.07, 6.45) is 0.0843. The first-order valence-electron chi connectivity index (χ1n) is 3.69. The number of hydrogen-bond acceptors (Lipinski definition) is 2. The lowest BCUT2D eigenvalue weighted by molar-refractivity contribution is 0.231. The van der Waals surface area contributed by atoms with Crippen LogP contribution in [0.5, 0.6) is 5.88 Å². The Balaban J connectivity index is 3.01. The zero-order valence-electron chi connectivity index (χ0n) is 7.14. The molecule has 13 heavy (non-hydrogen) atoms. The molecule has 0 aliphatic rings. The van der Waals surface area contributed by atoms with Crippen molar-refractivity contribution in [2.45, 2.75) is 20.0 Å². The Morgan fingerprint density at radius 3 is 2.54 bits per heavy atom. The SMILES string of the molecule is CC(C)Oc1nc(Cl)c(Br)cc1Br. The van der Waals surface area contributed by atoms with Crippen LogP contribution in [0.1, 0.15) is 13.8 Å². The third kappa shape index (κ3) is 3.11. The Hall–Kier alpha value is 0.200. The van der Waals surface area contributed by atoms with Gasteiger partial charge in [0.1, 0.15) is 5.15 Å². The van der Waals surface area contributed by atoms with E-state index in [-0.39, 0.29) is 6.10 Å². The van der Waals surface area contributed by atoms with Crippen molar-refractivity contribution in [2.75, 3.05) is 0 Å². The Kier molecular flexibility index (Phi) is 4.01. The summed E-state index contributed by atoms with van der Waals surface area (Å²) in [6, 6.07) is 1.81. The molecule has 1 rings (SSSR count). The molecule has 5 heteroatoms. The topological polar surface area (TPSA) is 22.1 Å². The van der Waals surface area contributed by atoms with Gasteiger partial charge in [-0.1, -0.05) is 11.6 Å². The fourth-order valence-corrected chi connectivity index (χ4v) is 1.90. The molecule has 1 aromatic heterocycles. The third-order valence-electron chi connectivity index (χ3n) is 1.20. The van der Waals surface area contributed by atoms with Crippen molar-refractivity contribution in [2.24, 2.45) is 0 Å². The predicted octanol–water partition coefficient (Wildman–Crippen LogP) is 4.05. The highest BCUT2D eigenvalue weighted by molar-refractivity contribution is 9.11. The Labute approximate surface area is 98.9 Å². The van der Waals surface area contributed by atoms with Gasteiger partial charge in [0, 0.05) is 0 Å². The first-order valence-corrected chi connectivity index (χ1v) is 5.65. The number of aromatic nitrogens is 1. The average Bonchev–Trinajstić information content (AvgIpc) is 1.99. The fourth-order valence-electron chi connectivity index (χ4n) is 0.734. The van der Waals surface area contributed by atoms with Gasteiger partial charge in [-0.05, 0) is 51.8 Å². The van der Waals surface area contributed by atoms with E-state index in [2.05, 4.69) is 36.8 Å². The van der Waals surface area contributed by atoms with E-state index in [1.807, 2.05) is 19.9 Å². The van der Waals surface area contributed by atoms with Crippen molar-refractivity contribution in [1.29, 1.82) is 0 Å². The summed E-state index contributed by atoms with van der Waals surface area (Å²) >= 11 is 12.4. The van der Waals surface area contributed by atoms with Crippen molar-refractivity contribution in [1.82, 2.24) is 4.98 Å². The first kappa shape index (κ1) is 11.3. The van der Waals surface area contributed by atoms with Gasteiger partial charge in [0.05, 0.1) is 15.0 Å². The molecule has 0 aromatic carbocycles. The number of ether oxygens (including phenoxy) is 1. The monoisotopic (exact) mass is 327 g/mol. The van der Waals surface area contributed by atoms with E-state index in [0.717, 1.165) is 8.95 Å². The van der Waals surface area contributed by atoms with Crippen molar-refractivity contribution in [3.05, 3.63) is 20.2 Å². The van der Waals surface area contributed by atoms with Gasteiger partial charge >= 0.3 is 0 Å².